The first kappa shape index (κ1) is 20.2. The van der Waals surface area contributed by atoms with Gasteiger partial charge in [0.25, 0.3) is 5.91 Å². The van der Waals surface area contributed by atoms with Crippen molar-refractivity contribution >= 4 is 18.3 Å². The summed E-state index contributed by atoms with van der Waals surface area (Å²) in [6.07, 6.45) is 6.62. The zero-order valence-electron chi connectivity index (χ0n) is 15.7. The summed E-state index contributed by atoms with van der Waals surface area (Å²) in [5.74, 6) is 0.688. The zero-order chi connectivity index (χ0) is 17.1. The van der Waals surface area contributed by atoms with E-state index in [4.69, 9.17) is 0 Å². The maximum atomic E-state index is 13.1. The molecule has 2 fully saturated rings. The van der Waals surface area contributed by atoms with Crippen molar-refractivity contribution in [1.29, 1.82) is 0 Å². The first-order valence-electron chi connectivity index (χ1n) is 9.51. The predicted octanol–water partition coefficient (Wildman–Crippen LogP) is 2.97. The van der Waals surface area contributed by atoms with Crippen molar-refractivity contribution in [2.75, 3.05) is 19.6 Å². The fraction of sp³-hybridized carbons (Fsp3) is 0.833. The van der Waals surface area contributed by atoms with Gasteiger partial charge in [0.2, 0.25) is 0 Å². The van der Waals surface area contributed by atoms with Crippen molar-refractivity contribution in [3.63, 3.8) is 0 Å². The number of rotatable bonds is 4. The van der Waals surface area contributed by atoms with Gasteiger partial charge in [-0.15, -0.1) is 17.5 Å². The van der Waals surface area contributed by atoms with E-state index in [-0.39, 0.29) is 18.3 Å². The van der Waals surface area contributed by atoms with Crippen LogP contribution >= 0.6 is 12.4 Å². The summed E-state index contributed by atoms with van der Waals surface area (Å²) in [7, 11) is 0. The molecule has 1 unspecified atom stereocenters. The summed E-state index contributed by atoms with van der Waals surface area (Å²) in [5, 5.41) is 12.0. The number of amides is 1. The zero-order valence-corrected chi connectivity index (χ0v) is 16.5. The molecule has 1 aromatic heterocycles. The molecule has 0 saturated carbocycles. The number of hydrogen-bond donors (Lipinski definition) is 1. The van der Waals surface area contributed by atoms with Crippen LogP contribution < -0.4 is 5.32 Å². The molecule has 142 valence electrons. The average Bonchev–Trinajstić information content (AvgIpc) is 2.96. The highest BCUT2D eigenvalue weighted by molar-refractivity contribution is 5.93. The Bertz CT molecular complexity index is 568. The van der Waals surface area contributed by atoms with Gasteiger partial charge in [0, 0.05) is 12.6 Å². The van der Waals surface area contributed by atoms with Gasteiger partial charge in [0.15, 0.2) is 5.69 Å². The van der Waals surface area contributed by atoms with Gasteiger partial charge >= 0.3 is 0 Å². The minimum Gasteiger partial charge on any atom is -0.334 e. The van der Waals surface area contributed by atoms with Crippen LogP contribution in [0, 0.1) is 12.8 Å². The van der Waals surface area contributed by atoms with E-state index < -0.39 is 0 Å². The molecule has 1 aromatic rings. The number of likely N-dealkylation sites (tertiary alicyclic amines) is 1. The Morgan fingerprint density at radius 2 is 1.96 bits per heavy atom. The first-order valence-corrected chi connectivity index (χ1v) is 9.51. The predicted molar refractivity (Wildman–Crippen MR) is 101 cm³/mol. The third-order valence-corrected chi connectivity index (χ3v) is 5.42. The maximum absolute atomic E-state index is 13.1. The lowest BCUT2D eigenvalue weighted by Gasteiger charge is -2.36. The number of piperidine rings is 2. The molecule has 6 nitrogen and oxygen atoms in total. The van der Waals surface area contributed by atoms with Crippen molar-refractivity contribution in [2.24, 2.45) is 5.92 Å². The summed E-state index contributed by atoms with van der Waals surface area (Å²) in [5.41, 5.74) is 1.49. The van der Waals surface area contributed by atoms with Crippen LogP contribution in [-0.2, 0) is 0 Å². The Morgan fingerprint density at radius 3 is 2.64 bits per heavy atom. The van der Waals surface area contributed by atoms with Crippen molar-refractivity contribution in [3.05, 3.63) is 11.4 Å². The number of halogens is 1. The second kappa shape index (κ2) is 8.99. The molecule has 3 rings (SSSR count). The van der Waals surface area contributed by atoms with Crippen LogP contribution in [0.2, 0.25) is 0 Å². The number of nitrogens with one attached hydrogen (secondary N) is 1. The highest BCUT2D eigenvalue weighted by atomic mass is 35.5. The van der Waals surface area contributed by atoms with Gasteiger partial charge in [0.05, 0.1) is 11.7 Å². The minimum atomic E-state index is 0. The van der Waals surface area contributed by atoms with Crippen molar-refractivity contribution in [2.45, 2.75) is 71.4 Å². The van der Waals surface area contributed by atoms with Crippen LogP contribution in [-0.4, -0.2) is 51.5 Å². The van der Waals surface area contributed by atoms with Gasteiger partial charge in [-0.05, 0) is 64.5 Å². The smallest absolute Gasteiger partial charge is 0.276 e. The molecule has 1 amide bonds. The normalized spacial score (nSPS) is 22.1. The largest absolute Gasteiger partial charge is 0.334 e. The second-order valence-electron chi connectivity index (χ2n) is 7.73. The fourth-order valence-electron chi connectivity index (χ4n) is 4.13. The average molecular weight is 370 g/mol. The molecule has 25 heavy (non-hydrogen) atoms. The number of carbonyl (C=O) groups is 1. The second-order valence-corrected chi connectivity index (χ2v) is 7.73. The molecule has 0 aromatic carbocycles. The molecular formula is C18H32ClN5O. The Labute approximate surface area is 157 Å². The van der Waals surface area contributed by atoms with Crippen molar-refractivity contribution in [1.82, 2.24) is 25.2 Å². The summed E-state index contributed by atoms with van der Waals surface area (Å²) >= 11 is 0. The molecule has 3 heterocycles. The molecule has 7 heteroatoms. The summed E-state index contributed by atoms with van der Waals surface area (Å²) in [6.45, 7) is 9.34. The van der Waals surface area contributed by atoms with Crippen LogP contribution in [0.4, 0.5) is 0 Å². The fourth-order valence-corrected chi connectivity index (χ4v) is 4.13. The molecule has 0 radical (unpaired) electrons. The van der Waals surface area contributed by atoms with Gasteiger partial charge in [-0.1, -0.05) is 19.1 Å². The van der Waals surface area contributed by atoms with Crippen molar-refractivity contribution in [3.8, 4) is 0 Å². The van der Waals surface area contributed by atoms with E-state index in [0.29, 0.717) is 23.7 Å². The van der Waals surface area contributed by atoms with E-state index in [9.17, 15) is 4.79 Å². The van der Waals surface area contributed by atoms with Crippen LogP contribution in [0.25, 0.3) is 0 Å². The topological polar surface area (TPSA) is 63.1 Å². The lowest BCUT2D eigenvalue weighted by Crippen LogP contribution is -2.44. The quantitative estimate of drug-likeness (QED) is 0.886. The summed E-state index contributed by atoms with van der Waals surface area (Å²) < 4.78 is 1.98. The van der Waals surface area contributed by atoms with E-state index in [1.54, 1.807) is 0 Å². The lowest BCUT2D eigenvalue weighted by atomic mass is 9.93. The summed E-state index contributed by atoms with van der Waals surface area (Å²) in [4.78, 5) is 15.2. The third kappa shape index (κ3) is 4.53. The molecule has 1 atom stereocenters. The Hall–Kier alpha value is -1.14. The molecule has 1 N–H and O–H groups in total. The van der Waals surface area contributed by atoms with Gasteiger partial charge in [-0.25, -0.2) is 4.68 Å². The minimum absolute atomic E-state index is 0. The Balaban J connectivity index is 0.00000225. The molecule has 2 saturated heterocycles. The SMILES string of the molecule is Cc1c(C(=O)N2CCCCC2CC(C)C)nnn1C1CCNCC1.Cl. The maximum Gasteiger partial charge on any atom is 0.276 e. The lowest BCUT2D eigenvalue weighted by molar-refractivity contribution is 0.0577. The molecular weight excluding hydrogens is 338 g/mol. The van der Waals surface area contributed by atoms with E-state index in [0.717, 1.165) is 57.4 Å². The number of nitrogens with zero attached hydrogens (tertiary/aromatic N) is 4. The molecule has 2 aliphatic heterocycles. The molecule has 0 aliphatic carbocycles. The highest BCUT2D eigenvalue weighted by Gasteiger charge is 2.31. The monoisotopic (exact) mass is 369 g/mol. The Kier molecular flexibility index (Phi) is 7.25. The van der Waals surface area contributed by atoms with Crippen LogP contribution in [0.5, 0.6) is 0 Å². The van der Waals surface area contributed by atoms with E-state index in [1.807, 2.05) is 11.6 Å². The summed E-state index contributed by atoms with van der Waals surface area (Å²) in [6, 6.07) is 0.725. The number of aromatic nitrogens is 3. The van der Waals surface area contributed by atoms with Crippen LogP contribution in [0.3, 0.4) is 0 Å². The van der Waals surface area contributed by atoms with Crippen LogP contribution in [0.15, 0.2) is 0 Å². The third-order valence-electron chi connectivity index (χ3n) is 5.42. The highest BCUT2D eigenvalue weighted by Crippen LogP contribution is 2.26. The number of hydrogen-bond acceptors (Lipinski definition) is 4. The molecule has 0 spiro atoms. The Morgan fingerprint density at radius 1 is 1.24 bits per heavy atom. The number of carbonyl (C=O) groups excluding carboxylic acids is 1. The van der Waals surface area contributed by atoms with Gasteiger partial charge in [-0.3, -0.25) is 4.79 Å². The van der Waals surface area contributed by atoms with Gasteiger partial charge < -0.3 is 10.2 Å². The standard InChI is InChI=1S/C18H31N5O.ClH/c1-13(2)12-16-6-4-5-11-22(16)18(24)17-14(3)23(21-20-17)15-7-9-19-10-8-15;/h13,15-16,19H,4-12H2,1-3H3;1H. The van der Waals surface area contributed by atoms with E-state index in [2.05, 4.69) is 34.4 Å². The van der Waals surface area contributed by atoms with Crippen molar-refractivity contribution < 1.29 is 4.79 Å². The van der Waals surface area contributed by atoms with Gasteiger partial charge in [-0.2, -0.15) is 0 Å². The van der Waals surface area contributed by atoms with E-state index >= 15 is 0 Å². The van der Waals surface area contributed by atoms with Gasteiger partial charge in [0.1, 0.15) is 0 Å². The van der Waals surface area contributed by atoms with E-state index in [1.165, 1.54) is 6.42 Å². The first-order chi connectivity index (χ1) is 11.6. The molecule has 2 aliphatic rings. The van der Waals surface area contributed by atoms with Crippen LogP contribution in [0.1, 0.15) is 74.6 Å². The molecule has 0 bridgehead atoms.